The van der Waals surface area contributed by atoms with Crippen molar-refractivity contribution in [1.82, 2.24) is 9.55 Å². The van der Waals surface area contributed by atoms with Gasteiger partial charge in [0.15, 0.2) is 0 Å². The van der Waals surface area contributed by atoms with Gasteiger partial charge in [0.1, 0.15) is 16.2 Å². The summed E-state index contributed by atoms with van der Waals surface area (Å²) in [5.41, 5.74) is 2.47. The molecule has 2 heterocycles. The SMILES string of the molecule is Cc1ccccc1-c1nc(Br)c2n1CCCN2. The first-order valence-electron chi connectivity index (χ1n) is 5.83. The van der Waals surface area contributed by atoms with Crippen molar-refractivity contribution in [3.05, 3.63) is 34.4 Å². The fourth-order valence-electron chi connectivity index (χ4n) is 2.28. The summed E-state index contributed by atoms with van der Waals surface area (Å²) >= 11 is 3.53. The number of nitrogens with zero attached hydrogens (tertiary/aromatic N) is 2. The molecule has 0 atom stereocenters. The Morgan fingerprint density at radius 2 is 2.18 bits per heavy atom. The van der Waals surface area contributed by atoms with E-state index < -0.39 is 0 Å². The zero-order chi connectivity index (χ0) is 11.8. The van der Waals surface area contributed by atoms with Gasteiger partial charge in [-0.15, -0.1) is 0 Å². The van der Waals surface area contributed by atoms with E-state index in [0.717, 1.165) is 35.8 Å². The molecule has 0 saturated carbocycles. The Morgan fingerprint density at radius 1 is 1.35 bits per heavy atom. The summed E-state index contributed by atoms with van der Waals surface area (Å²) in [6, 6.07) is 8.38. The van der Waals surface area contributed by atoms with E-state index in [-0.39, 0.29) is 0 Å². The van der Waals surface area contributed by atoms with E-state index in [1.54, 1.807) is 0 Å². The van der Waals surface area contributed by atoms with E-state index in [1.807, 2.05) is 0 Å². The number of nitrogens with one attached hydrogen (secondary N) is 1. The van der Waals surface area contributed by atoms with Crippen molar-refractivity contribution in [3.63, 3.8) is 0 Å². The molecule has 0 saturated heterocycles. The van der Waals surface area contributed by atoms with E-state index in [9.17, 15) is 0 Å². The van der Waals surface area contributed by atoms with Crippen LogP contribution in [0.1, 0.15) is 12.0 Å². The number of fused-ring (bicyclic) bond motifs is 1. The van der Waals surface area contributed by atoms with Gasteiger partial charge in [-0.2, -0.15) is 0 Å². The number of benzene rings is 1. The van der Waals surface area contributed by atoms with Crippen molar-refractivity contribution in [1.29, 1.82) is 0 Å². The highest BCUT2D eigenvalue weighted by Crippen LogP contribution is 2.32. The largest absolute Gasteiger partial charge is 0.369 e. The number of aryl methyl sites for hydroxylation is 1. The van der Waals surface area contributed by atoms with E-state index in [2.05, 4.69) is 62.0 Å². The van der Waals surface area contributed by atoms with Crippen LogP contribution in [-0.4, -0.2) is 16.1 Å². The number of aromatic nitrogens is 2. The Kier molecular flexibility index (Phi) is 2.67. The summed E-state index contributed by atoms with van der Waals surface area (Å²) in [7, 11) is 0. The molecule has 88 valence electrons. The molecule has 1 N–H and O–H groups in total. The topological polar surface area (TPSA) is 29.9 Å². The van der Waals surface area contributed by atoms with Crippen molar-refractivity contribution in [3.8, 4) is 11.4 Å². The average molecular weight is 292 g/mol. The molecular weight excluding hydrogens is 278 g/mol. The van der Waals surface area contributed by atoms with Gasteiger partial charge in [-0.1, -0.05) is 24.3 Å². The molecule has 3 nitrogen and oxygen atoms in total. The first-order chi connectivity index (χ1) is 8.27. The first-order valence-corrected chi connectivity index (χ1v) is 6.62. The van der Waals surface area contributed by atoms with Gasteiger partial charge in [0.25, 0.3) is 0 Å². The number of anilines is 1. The molecule has 0 bridgehead atoms. The maximum Gasteiger partial charge on any atom is 0.149 e. The van der Waals surface area contributed by atoms with E-state index in [4.69, 9.17) is 0 Å². The van der Waals surface area contributed by atoms with Crippen LogP contribution in [0.25, 0.3) is 11.4 Å². The molecular formula is C13H14BrN3. The van der Waals surface area contributed by atoms with Crippen LogP contribution in [0.15, 0.2) is 28.9 Å². The predicted octanol–water partition coefficient (Wildman–Crippen LogP) is 3.44. The number of rotatable bonds is 1. The maximum absolute atomic E-state index is 4.64. The highest BCUT2D eigenvalue weighted by molar-refractivity contribution is 9.10. The lowest BCUT2D eigenvalue weighted by Crippen LogP contribution is -2.17. The second-order valence-electron chi connectivity index (χ2n) is 4.32. The van der Waals surface area contributed by atoms with Gasteiger partial charge in [0.05, 0.1) is 0 Å². The lowest BCUT2D eigenvalue weighted by molar-refractivity contribution is 0.635. The summed E-state index contributed by atoms with van der Waals surface area (Å²) < 4.78 is 3.17. The quantitative estimate of drug-likeness (QED) is 0.872. The number of hydrogen-bond donors (Lipinski definition) is 1. The minimum absolute atomic E-state index is 0.912. The van der Waals surface area contributed by atoms with E-state index in [1.165, 1.54) is 11.1 Å². The Morgan fingerprint density at radius 3 is 3.00 bits per heavy atom. The Bertz CT molecular complexity index is 560. The van der Waals surface area contributed by atoms with Crippen molar-refractivity contribution in [2.24, 2.45) is 0 Å². The number of halogens is 1. The number of hydrogen-bond acceptors (Lipinski definition) is 2. The molecule has 0 amide bonds. The number of imidazole rings is 1. The second-order valence-corrected chi connectivity index (χ2v) is 5.07. The molecule has 0 aliphatic carbocycles. The predicted molar refractivity (Wildman–Crippen MR) is 73.2 cm³/mol. The minimum atomic E-state index is 0.912. The monoisotopic (exact) mass is 291 g/mol. The smallest absolute Gasteiger partial charge is 0.149 e. The fourth-order valence-corrected chi connectivity index (χ4v) is 2.81. The summed E-state index contributed by atoms with van der Waals surface area (Å²) in [4.78, 5) is 4.64. The van der Waals surface area contributed by atoms with Crippen LogP contribution in [0.2, 0.25) is 0 Å². The van der Waals surface area contributed by atoms with Crippen LogP contribution in [0.5, 0.6) is 0 Å². The Labute approximate surface area is 109 Å². The fraction of sp³-hybridized carbons (Fsp3) is 0.308. The van der Waals surface area contributed by atoms with Crippen LogP contribution >= 0.6 is 15.9 Å². The maximum atomic E-state index is 4.64. The van der Waals surface area contributed by atoms with Crippen molar-refractivity contribution >= 4 is 21.7 Å². The van der Waals surface area contributed by atoms with Gasteiger partial charge in [-0.25, -0.2) is 4.98 Å². The summed E-state index contributed by atoms with van der Waals surface area (Å²) in [6.07, 6.45) is 1.15. The van der Waals surface area contributed by atoms with E-state index in [0.29, 0.717) is 0 Å². The molecule has 1 aromatic carbocycles. The molecule has 3 rings (SSSR count). The van der Waals surface area contributed by atoms with Crippen molar-refractivity contribution in [2.45, 2.75) is 19.9 Å². The van der Waals surface area contributed by atoms with Gasteiger partial charge in [0, 0.05) is 18.7 Å². The summed E-state index contributed by atoms with van der Waals surface area (Å²) in [6.45, 7) is 4.18. The third-order valence-corrected chi connectivity index (χ3v) is 3.71. The summed E-state index contributed by atoms with van der Waals surface area (Å²) in [5.74, 6) is 2.16. The van der Waals surface area contributed by atoms with Gasteiger partial charge in [-0.3, -0.25) is 0 Å². The average Bonchev–Trinajstić information content (AvgIpc) is 2.68. The molecule has 0 radical (unpaired) electrons. The van der Waals surface area contributed by atoms with E-state index >= 15 is 0 Å². The molecule has 1 aromatic heterocycles. The zero-order valence-electron chi connectivity index (χ0n) is 9.70. The van der Waals surface area contributed by atoms with Gasteiger partial charge in [0.2, 0.25) is 0 Å². The highest BCUT2D eigenvalue weighted by atomic mass is 79.9. The van der Waals surface area contributed by atoms with Crippen LogP contribution < -0.4 is 5.32 Å². The molecule has 0 unspecified atom stereocenters. The van der Waals surface area contributed by atoms with Gasteiger partial charge in [-0.05, 0) is 34.8 Å². The molecule has 4 heteroatoms. The third kappa shape index (κ3) is 1.76. The molecule has 2 aromatic rings. The van der Waals surface area contributed by atoms with Crippen molar-refractivity contribution in [2.75, 3.05) is 11.9 Å². The lowest BCUT2D eigenvalue weighted by Gasteiger charge is -2.19. The second kappa shape index (κ2) is 4.18. The van der Waals surface area contributed by atoms with Crippen LogP contribution in [0.4, 0.5) is 5.82 Å². The minimum Gasteiger partial charge on any atom is -0.369 e. The third-order valence-electron chi connectivity index (χ3n) is 3.16. The van der Waals surface area contributed by atoms with Crippen LogP contribution in [0.3, 0.4) is 0 Å². The molecule has 1 aliphatic rings. The van der Waals surface area contributed by atoms with Gasteiger partial charge < -0.3 is 9.88 Å². The molecule has 0 spiro atoms. The lowest BCUT2D eigenvalue weighted by atomic mass is 10.1. The highest BCUT2D eigenvalue weighted by Gasteiger charge is 2.19. The van der Waals surface area contributed by atoms with Gasteiger partial charge >= 0.3 is 0 Å². The normalized spacial score (nSPS) is 14.2. The van der Waals surface area contributed by atoms with Crippen LogP contribution in [0, 0.1) is 6.92 Å². The molecule has 0 fully saturated rings. The summed E-state index contributed by atoms with van der Waals surface area (Å²) in [5, 5.41) is 3.39. The van der Waals surface area contributed by atoms with Crippen molar-refractivity contribution < 1.29 is 0 Å². The Hall–Kier alpha value is -1.29. The molecule has 1 aliphatic heterocycles. The standard InChI is InChI=1S/C13H14BrN3/c1-9-5-2-3-6-10(9)12-16-11(14)13-15-7-4-8-17(12)13/h2-3,5-6,15H,4,7-8H2,1H3. The van der Waals surface area contributed by atoms with Crippen LogP contribution in [-0.2, 0) is 6.54 Å². The first kappa shape index (κ1) is 10.8. The Balaban J connectivity index is 2.19. The zero-order valence-corrected chi connectivity index (χ0v) is 11.3. The molecule has 17 heavy (non-hydrogen) atoms.